The Morgan fingerprint density at radius 3 is 2.43 bits per heavy atom. The topological polar surface area (TPSA) is 29.3 Å². The molecule has 0 heterocycles. The highest BCUT2D eigenvalue weighted by molar-refractivity contribution is 5.15. The lowest BCUT2D eigenvalue weighted by molar-refractivity contribution is 0.105. The fourth-order valence-electron chi connectivity index (χ4n) is 3.64. The smallest absolute Gasteiger partial charge is 0.0329 e. The standard InChI is InChI=1S/C19H32N2/c1-18(2)11-7-12-19(16-20,14-13-18)21(3)15-10-17-8-5-4-6-9-17/h4-6,8-9H,7,10-16,20H2,1-3H3. The Balaban J connectivity index is 1.99. The highest BCUT2D eigenvalue weighted by Gasteiger charge is 2.37. The van der Waals surface area contributed by atoms with E-state index in [1.54, 1.807) is 0 Å². The van der Waals surface area contributed by atoms with Gasteiger partial charge in [0.2, 0.25) is 0 Å². The number of hydrogen-bond donors (Lipinski definition) is 1. The highest BCUT2D eigenvalue weighted by atomic mass is 15.2. The van der Waals surface area contributed by atoms with E-state index in [-0.39, 0.29) is 5.54 Å². The molecule has 0 amide bonds. The number of nitrogens with two attached hydrogens (primary N) is 1. The molecule has 1 atom stereocenters. The van der Waals surface area contributed by atoms with Gasteiger partial charge in [-0.2, -0.15) is 0 Å². The molecule has 2 N–H and O–H groups in total. The van der Waals surface area contributed by atoms with E-state index in [4.69, 9.17) is 5.73 Å². The van der Waals surface area contributed by atoms with Crippen LogP contribution in [0.1, 0.15) is 51.5 Å². The van der Waals surface area contributed by atoms with Gasteiger partial charge in [-0.25, -0.2) is 0 Å². The van der Waals surface area contributed by atoms with E-state index >= 15 is 0 Å². The van der Waals surface area contributed by atoms with Gasteiger partial charge in [-0.1, -0.05) is 50.6 Å². The van der Waals surface area contributed by atoms with E-state index < -0.39 is 0 Å². The minimum atomic E-state index is 0.211. The summed E-state index contributed by atoms with van der Waals surface area (Å²) in [4.78, 5) is 2.54. The number of nitrogens with zero attached hydrogens (tertiary/aromatic N) is 1. The van der Waals surface area contributed by atoms with Gasteiger partial charge in [0.15, 0.2) is 0 Å². The Labute approximate surface area is 130 Å². The van der Waals surface area contributed by atoms with Crippen LogP contribution in [0, 0.1) is 5.41 Å². The molecule has 2 rings (SSSR count). The molecule has 2 heteroatoms. The molecule has 1 aliphatic carbocycles. The Bertz CT molecular complexity index is 426. The van der Waals surface area contributed by atoms with Gasteiger partial charge in [-0.3, -0.25) is 4.90 Å². The summed E-state index contributed by atoms with van der Waals surface area (Å²) in [7, 11) is 2.27. The van der Waals surface area contributed by atoms with Crippen LogP contribution in [-0.2, 0) is 6.42 Å². The first-order valence-corrected chi connectivity index (χ1v) is 8.43. The predicted molar refractivity (Wildman–Crippen MR) is 91.4 cm³/mol. The normalized spacial score (nSPS) is 25.8. The maximum atomic E-state index is 6.22. The molecular weight excluding hydrogens is 256 g/mol. The van der Waals surface area contributed by atoms with Gasteiger partial charge < -0.3 is 5.73 Å². The van der Waals surface area contributed by atoms with Gasteiger partial charge in [-0.15, -0.1) is 0 Å². The van der Waals surface area contributed by atoms with Crippen molar-refractivity contribution in [1.29, 1.82) is 0 Å². The molecule has 1 aromatic carbocycles. The third-order valence-electron chi connectivity index (χ3n) is 5.53. The lowest BCUT2D eigenvalue weighted by atomic mass is 9.83. The maximum Gasteiger partial charge on any atom is 0.0329 e. The van der Waals surface area contributed by atoms with Crippen molar-refractivity contribution in [2.24, 2.45) is 11.1 Å². The van der Waals surface area contributed by atoms with Gasteiger partial charge >= 0.3 is 0 Å². The Hall–Kier alpha value is -0.860. The summed E-state index contributed by atoms with van der Waals surface area (Å²) in [5.74, 6) is 0. The van der Waals surface area contributed by atoms with Crippen LogP contribution in [0.2, 0.25) is 0 Å². The van der Waals surface area contributed by atoms with Crippen molar-refractivity contribution in [3.8, 4) is 0 Å². The number of benzene rings is 1. The molecule has 1 saturated carbocycles. The molecular formula is C19H32N2. The molecule has 0 spiro atoms. The van der Waals surface area contributed by atoms with E-state index in [1.165, 1.54) is 37.7 Å². The molecule has 0 bridgehead atoms. The third kappa shape index (κ3) is 4.31. The van der Waals surface area contributed by atoms with Crippen LogP contribution < -0.4 is 5.73 Å². The molecule has 1 aromatic rings. The zero-order valence-corrected chi connectivity index (χ0v) is 14.1. The number of likely N-dealkylation sites (N-methyl/N-ethyl adjacent to an activating group) is 1. The zero-order valence-electron chi connectivity index (χ0n) is 14.1. The van der Waals surface area contributed by atoms with E-state index in [9.17, 15) is 0 Å². The lowest BCUT2D eigenvalue weighted by Crippen LogP contribution is -2.52. The molecule has 0 aromatic heterocycles. The van der Waals surface area contributed by atoms with Gasteiger partial charge in [0.05, 0.1) is 0 Å². The Morgan fingerprint density at radius 1 is 1.05 bits per heavy atom. The highest BCUT2D eigenvalue weighted by Crippen LogP contribution is 2.40. The van der Waals surface area contributed by atoms with Crippen LogP contribution in [0.4, 0.5) is 0 Å². The minimum absolute atomic E-state index is 0.211. The van der Waals surface area contributed by atoms with Gasteiger partial charge in [0, 0.05) is 18.6 Å². The zero-order chi connectivity index (χ0) is 15.3. The molecule has 1 unspecified atom stereocenters. The van der Waals surface area contributed by atoms with Crippen molar-refractivity contribution >= 4 is 0 Å². The van der Waals surface area contributed by atoms with Gasteiger partial charge in [-0.05, 0) is 50.1 Å². The predicted octanol–water partition coefficient (Wildman–Crippen LogP) is 3.85. The van der Waals surface area contributed by atoms with Crippen molar-refractivity contribution in [1.82, 2.24) is 4.90 Å². The van der Waals surface area contributed by atoms with Crippen molar-refractivity contribution in [2.75, 3.05) is 20.1 Å². The van der Waals surface area contributed by atoms with Crippen LogP contribution in [0.5, 0.6) is 0 Å². The number of rotatable bonds is 5. The first-order valence-electron chi connectivity index (χ1n) is 8.43. The monoisotopic (exact) mass is 288 g/mol. The summed E-state index contributed by atoms with van der Waals surface area (Å²) in [6, 6.07) is 10.8. The van der Waals surface area contributed by atoms with E-state index in [1.807, 2.05) is 0 Å². The molecule has 2 nitrogen and oxygen atoms in total. The number of hydrogen-bond acceptors (Lipinski definition) is 2. The average molecular weight is 288 g/mol. The SMILES string of the molecule is CN(CCc1ccccc1)C1(CN)CCCC(C)(C)CC1. The van der Waals surface area contributed by atoms with Crippen LogP contribution in [-0.4, -0.2) is 30.6 Å². The Kier molecular flexibility index (Phi) is 5.45. The van der Waals surface area contributed by atoms with Crippen LogP contribution in [0.25, 0.3) is 0 Å². The second kappa shape index (κ2) is 6.93. The molecule has 21 heavy (non-hydrogen) atoms. The van der Waals surface area contributed by atoms with Gasteiger partial charge in [0.1, 0.15) is 0 Å². The maximum absolute atomic E-state index is 6.22. The summed E-state index contributed by atoms with van der Waals surface area (Å²) < 4.78 is 0. The summed E-state index contributed by atoms with van der Waals surface area (Å²) in [5.41, 5.74) is 8.34. The van der Waals surface area contributed by atoms with Crippen molar-refractivity contribution in [3.05, 3.63) is 35.9 Å². The quantitative estimate of drug-likeness (QED) is 0.834. The Morgan fingerprint density at radius 2 is 1.76 bits per heavy atom. The summed E-state index contributed by atoms with van der Waals surface area (Å²) in [6.07, 6.45) is 7.53. The van der Waals surface area contributed by atoms with Crippen molar-refractivity contribution in [3.63, 3.8) is 0 Å². The second-order valence-corrected chi connectivity index (χ2v) is 7.60. The van der Waals surface area contributed by atoms with E-state index in [0.29, 0.717) is 5.41 Å². The molecule has 1 aliphatic rings. The first-order chi connectivity index (χ1) is 9.97. The summed E-state index contributed by atoms with van der Waals surface area (Å²) in [6.45, 7) is 6.70. The first kappa shape index (κ1) is 16.5. The van der Waals surface area contributed by atoms with Crippen molar-refractivity contribution < 1.29 is 0 Å². The lowest BCUT2D eigenvalue weighted by Gasteiger charge is -2.41. The molecule has 0 saturated heterocycles. The summed E-state index contributed by atoms with van der Waals surface area (Å²) >= 11 is 0. The van der Waals surface area contributed by atoms with Crippen LogP contribution >= 0.6 is 0 Å². The average Bonchev–Trinajstić information content (AvgIpc) is 2.65. The summed E-state index contributed by atoms with van der Waals surface area (Å²) in [5, 5.41) is 0. The van der Waals surface area contributed by atoms with Crippen LogP contribution in [0.15, 0.2) is 30.3 Å². The van der Waals surface area contributed by atoms with E-state index in [0.717, 1.165) is 19.5 Å². The van der Waals surface area contributed by atoms with Crippen LogP contribution in [0.3, 0.4) is 0 Å². The van der Waals surface area contributed by atoms with E-state index in [2.05, 4.69) is 56.1 Å². The van der Waals surface area contributed by atoms with Crippen molar-refractivity contribution in [2.45, 2.75) is 57.9 Å². The largest absolute Gasteiger partial charge is 0.329 e. The molecule has 0 aliphatic heterocycles. The molecule has 1 fully saturated rings. The second-order valence-electron chi connectivity index (χ2n) is 7.60. The minimum Gasteiger partial charge on any atom is -0.329 e. The fraction of sp³-hybridized carbons (Fsp3) is 0.684. The third-order valence-corrected chi connectivity index (χ3v) is 5.53. The fourth-order valence-corrected chi connectivity index (χ4v) is 3.64. The molecule has 0 radical (unpaired) electrons. The van der Waals surface area contributed by atoms with Gasteiger partial charge in [0.25, 0.3) is 0 Å². The molecule has 118 valence electrons.